The molecule has 0 unspecified atom stereocenters. The number of rotatable bonds is 10. The number of allylic oxidation sites excluding steroid dienone is 1. The van der Waals surface area contributed by atoms with Gasteiger partial charge in [-0.15, -0.1) is 6.58 Å². The maximum Gasteiger partial charge on any atom is 0.209 e. The van der Waals surface area contributed by atoms with Crippen molar-refractivity contribution in [2.45, 2.75) is 19.8 Å². The van der Waals surface area contributed by atoms with Crippen LogP contribution in [0.4, 0.5) is 0 Å². The Bertz CT molecular complexity index is 513. The van der Waals surface area contributed by atoms with E-state index >= 15 is 0 Å². The van der Waals surface area contributed by atoms with E-state index < -0.39 is 18.7 Å². The van der Waals surface area contributed by atoms with Crippen molar-refractivity contribution in [2.24, 2.45) is 0 Å². The van der Waals surface area contributed by atoms with E-state index in [-0.39, 0.29) is 17.3 Å². The molecule has 0 saturated heterocycles. The fourth-order valence-corrected chi connectivity index (χ4v) is 4.08. The smallest absolute Gasteiger partial charge is 0.209 e. The highest BCUT2D eigenvalue weighted by molar-refractivity contribution is 8.73. The van der Waals surface area contributed by atoms with E-state index in [1.54, 1.807) is 6.08 Å². The minimum atomic E-state index is -3.26. The summed E-state index contributed by atoms with van der Waals surface area (Å²) in [5.74, 6) is -0.316. The summed E-state index contributed by atoms with van der Waals surface area (Å²) < 4.78 is 45.7. The summed E-state index contributed by atoms with van der Waals surface area (Å²) in [4.78, 5) is 0. The van der Waals surface area contributed by atoms with Crippen LogP contribution in [0.2, 0.25) is 0 Å². The van der Waals surface area contributed by atoms with Crippen LogP contribution in [0, 0.1) is 0 Å². The zero-order valence-electron chi connectivity index (χ0n) is 11.0. The maximum absolute atomic E-state index is 11.5. The molecule has 0 N–H and O–H groups in total. The highest BCUT2D eigenvalue weighted by Crippen LogP contribution is 2.15. The van der Waals surface area contributed by atoms with Gasteiger partial charge in [0.2, 0.25) is 8.87 Å². The molecule has 0 aromatic rings. The fourth-order valence-electron chi connectivity index (χ4n) is 1.07. The third-order valence-electron chi connectivity index (χ3n) is 1.94. The second-order valence-corrected chi connectivity index (χ2v) is 9.99. The van der Waals surface area contributed by atoms with Crippen molar-refractivity contribution in [3.8, 4) is 0 Å². The number of hydrogen-bond donors (Lipinski definition) is 0. The molecule has 0 aromatic heterocycles. The van der Waals surface area contributed by atoms with Crippen molar-refractivity contribution < 1.29 is 16.8 Å². The molecule has 0 fully saturated rings. The van der Waals surface area contributed by atoms with Gasteiger partial charge in [0.15, 0.2) is 9.84 Å². The molecule has 0 saturated carbocycles. The molecule has 0 atom stereocenters. The summed E-state index contributed by atoms with van der Waals surface area (Å²) >= 11 is 0. The quantitative estimate of drug-likeness (QED) is 0.456. The second kappa shape index (κ2) is 9.39. The van der Waals surface area contributed by atoms with Gasteiger partial charge in [-0.25, -0.2) is 16.8 Å². The van der Waals surface area contributed by atoms with Crippen molar-refractivity contribution in [1.29, 1.82) is 0 Å². The molecule has 0 rings (SSSR count). The van der Waals surface area contributed by atoms with Gasteiger partial charge in [-0.05, 0) is 22.6 Å². The molecule has 0 aliphatic rings. The lowest BCUT2D eigenvalue weighted by Crippen LogP contribution is -2.06. The molecule has 110 valence electrons. The summed E-state index contributed by atoms with van der Waals surface area (Å²) in [6, 6.07) is 0. The average Bonchev–Trinajstić information content (AvgIpc) is 2.30. The van der Waals surface area contributed by atoms with Crippen LogP contribution in [0.15, 0.2) is 36.3 Å². The van der Waals surface area contributed by atoms with E-state index in [4.69, 9.17) is 0 Å². The first-order valence-corrected chi connectivity index (χ1v) is 10.7. The van der Waals surface area contributed by atoms with Gasteiger partial charge in [-0.3, -0.25) is 0 Å². The van der Waals surface area contributed by atoms with Gasteiger partial charge in [-0.2, -0.15) is 0 Å². The second-order valence-electron chi connectivity index (χ2n) is 3.82. The Kier molecular flexibility index (Phi) is 9.12. The van der Waals surface area contributed by atoms with E-state index in [0.717, 1.165) is 12.8 Å². The monoisotopic (exact) mass is 324 g/mol. The van der Waals surface area contributed by atoms with Crippen LogP contribution in [-0.2, 0) is 18.7 Å². The van der Waals surface area contributed by atoms with Gasteiger partial charge in [0.1, 0.15) is 0 Å². The van der Waals surface area contributed by atoms with Crippen LogP contribution in [0.25, 0.3) is 0 Å². The van der Waals surface area contributed by atoms with Crippen LogP contribution < -0.4 is 0 Å². The lowest BCUT2D eigenvalue weighted by molar-refractivity contribution is 0.601. The Morgan fingerprint density at radius 3 is 2.26 bits per heavy atom. The molecule has 0 aliphatic heterocycles. The highest BCUT2D eigenvalue weighted by Gasteiger charge is 2.08. The molecule has 19 heavy (non-hydrogen) atoms. The maximum atomic E-state index is 11.5. The number of hydrogen-bond acceptors (Lipinski definition) is 5. The molecule has 0 heterocycles. The highest BCUT2D eigenvalue weighted by atomic mass is 33.1. The molecule has 0 aromatic carbocycles. The van der Waals surface area contributed by atoms with Crippen LogP contribution in [0.1, 0.15) is 19.8 Å². The van der Waals surface area contributed by atoms with Gasteiger partial charge in [-0.1, -0.05) is 37.6 Å². The van der Waals surface area contributed by atoms with Gasteiger partial charge >= 0.3 is 0 Å². The molecule has 0 spiro atoms. The Hall–Kier alpha value is -0.530. The topological polar surface area (TPSA) is 68.3 Å². The van der Waals surface area contributed by atoms with Gasteiger partial charge in [0.05, 0.1) is 17.3 Å². The normalized spacial score (nSPS) is 13.3. The first-order chi connectivity index (χ1) is 8.83. The first-order valence-electron chi connectivity index (χ1n) is 5.85. The summed E-state index contributed by atoms with van der Waals surface area (Å²) in [7, 11) is -5.82. The molecule has 0 radical (unpaired) electrons. The van der Waals surface area contributed by atoms with Crippen molar-refractivity contribution in [3.05, 3.63) is 36.3 Å². The average molecular weight is 324 g/mol. The molecule has 0 aliphatic carbocycles. The SMILES string of the molecule is C=CCS(=O)(=O)CC=CSS(=O)(=O)CC=CCCC. The standard InChI is InChI=1S/C12H20O4S3/c1-3-5-6-7-12-19(15,16)17-9-8-11-18(13,14)10-4-2/h4,6-9H,2-3,5,10-12H2,1H3. The van der Waals surface area contributed by atoms with Gasteiger partial charge in [0.25, 0.3) is 0 Å². The molecule has 7 heteroatoms. The summed E-state index contributed by atoms with van der Waals surface area (Å²) in [5, 5.41) is 1.31. The van der Waals surface area contributed by atoms with Crippen LogP contribution in [0.5, 0.6) is 0 Å². The van der Waals surface area contributed by atoms with Crippen molar-refractivity contribution in [1.82, 2.24) is 0 Å². The first kappa shape index (κ1) is 18.5. The van der Waals surface area contributed by atoms with E-state index in [1.165, 1.54) is 17.6 Å². The summed E-state index contributed by atoms with van der Waals surface area (Å²) in [6.45, 7) is 5.36. The Labute approximate surface area is 119 Å². The minimum absolute atomic E-state index is 0.0403. The fraction of sp³-hybridized carbons (Fsp3) is 0.500. The zero-order chi connectivity index (χ0) is 14.8. The minimum Gasteiger partial charge on any atom is -0.228 e. The third-order valence-corrected chi connectivity index (χ3v) is 6.21. The van der Waals surface area contributed by atoms with Crippen LogP contribution in [0.3, 0.4) is 0 Å². The van der Waals surface area contributed by atoms with E-state index in [9.17, 15) is 16.8 Å². The Morgan fingerprint density at radius 1 is 1.00 bits per heavy atom. The van der Waals surface area contributed by atoms with Crippen molar-refractivity contribution in [3.63, 3.8) is 0 Å². The molecule has 4 nitrogen and oxygen atoms in total. The van der Waals surface area contributed by atoms with E-state index in [2.05, 4.69) is 6.58 Å². The molecule has 0 bridgehead atoms. The predicted octanol–water partition coefficient (Wildman–Crippen LogP) is 2.52. The van der Waals surface area contributed by atoms with Crippen LogP contribution >= 0.6 is 10.8 Å². The number of unbranched alkanes of at least 4 members (excludes halogenated alkanes) is 1. The molecule has 0 amide bonds. The predicted molar refractivity (Wildman–Crippen MR) is 83.4 cm³/mol. The third kappa shape index (κ3) is 11.0. The lowest BCUT2D eigenvalue weighted by atomic mass is 10.3. The zero-order valence-corrected chi connectivity index (χ0v) is 13.4. The van der Waals surface area contributed by atoms with E-state index in [0.29, 0.717) is 10.8 Å². The molecular formula is C12H20O4S3. The van der Waals surface area contributed by atoms with Crippen LogP contribution in [-0.4, -0.2) is 34.1 Å². The number of sulfone groups is 1. The summed E-state index contributed by atoms with van der Waals surface area (Å²) in [5.41, 5.74) is 0. The van der Waals surface area contributed by atoms with E-state index in [1.807, 2.05) is 13.0 Å². The van der Waals surface area contributed by atoms with Crippen molar-refractivity contribution >= 4 is 29.5 Å². The van der Waals surface area contributed by atoms with Gasteiger partial charge in [0, 0.05) is 0 Å². The lowest BCUT2D eigenvalue weighted by Gasteiger charge is -1.96. The summed E-state index contributed by atoms with van der Waals surface area (Å²) in [6.07, 6.45) is 7.94. The molecular weight excluding hydrogens is 304 g/mol. The Balaban J connectivity index is 4.21. The van der Waals surface area contributed by atoms with Gasteiger partial charge < -0.3 is 0 Å². The van der Waals surface area contributed by atoms with Crippen molar-refractivity contribution in [2.75, 3.05) is 17.3 Å². The Morgan fingerprint density at radius 2 is 1.68 bits per heavy atom. The largest absolute Gasteiger partial charge is 0.228 e.